The van der Waals surface area contributed by atoms with Crippen LogP contribution < -0.4 is 0 Å². The molecular weight excluding hydrogens is 1750 g/mol. The lowest BCUT2D eigenvalue weighted by Gasteiger charge is -1.97. The number of carbonyl (C=O) groups is 11. The van der Waals surface area contributed by atoms with E-state index in [-0.39, 0.29) is 62.0 Å². The van der Waals surface area contributed by atoms with Gasteiger partial charge in [-0.25, -0.2) is 0 Å². The Morgan fingerprint density at radius 1 is 0.167 bits per heavy atom. The minimum absolute atomic E-state index is 0.126. The molecule has 0 rings (SSSR count). The van der Waals surface area contributed by atoms with E-state index in [4.69, 9.17) is 12.6 Å². The van der Waals surface area contributed by atoms with Gasteiger partial charge in [-0.3, -0.25) is 52.7 Å². The predicted octanol–water partition coefficient (Wildman–Crippen LogP) is 30.0. The number of Topliss-reactive ketones (excluding diaryl/α,β-unsaturated/α-hetero) is 6. The van der Waals surface area contributed by atoms with Crippen molar-refractivity contribution in [2.24, 2.45) is 0 Å². The monoisotopic (exact) mass is 1930 g/mol. The van der Waals surface area contributed by atoms with Crippen molar-refractivity contribution in [1.82, 2.24) is 0 Å². The largest absolute Gasteiger partial charge is 0.467 e. The number of hydrogen-bond donors (Lipinski definition) is 0. The van der Waals surface area contributed by atoms with Gasteiger partial charge in [-0.15, -0.1) is 12.6 Å². The van der Waals surface area contributed by atoms with Gasteiger partial charge >= 0.3 is 10.6 Å². The van der Waals surface area contributed by atoms with Crippen LogP contribution in [0.3, 0.4) is 0 Å². The van der Waals surface area contributed by atoms with Gasteiger partial charge in [0.2, 0.25) is 0 Å². The summed E-state index contributed by atoms with van der Waals surface area (Å²) in [6.45, 7) is 17.8. The third kappa shape index (κ3) is 156. The Labute approximate surface area is 836 Å². The SMILES string of the molecule is CC/C=C\C/C=C\C/C=C\C/C=C\C/C=C\C/C=C\CCC(=O)CCOC=O.CC/C=C\C/C=C\C/C=C\C/C=C\C/C=C\CCC(=O)CCOC=O.CC/C=C\C/C=C\C/C=C\C/C=C\CCC(=O)CCOC=O.CC/C=C\C/C=C\C/C=C\CCC(=O)CCOC=O.CC/C=C\C/C=C\CCC(=O)CCOC=O.CCCCC/C=C\C/C=C\C/C=C\C/C=C\CCCC(=O)CCC.O=S(=O)=O. The summed E-state index contributed by atoms with van der Waals surface area (Å²) in [7, 11) is -3.11. The van der Waals surface area contributed by atoms with Crippen LogP contribution >= 0.6 is 0 Å². The molecule has 0 saturated carbocycles. The van der Waals surface area contributed by atoms with Crippen molar-refractivity contribution in [3.05, 3.63) is 292 Å². The molecule has 0 heterocycles. The second kappa shape index (κ2) is 136. The molecule has 770 valence electrons. The summed E-state index contributed by atoms with van der Waals surface area (Å²) in [6, 6.07) is 0. The van der Waals surface area contributed by atoms with Crippen LogP contribution in [0, 0.1) is 0 Å². The first kappa shape index (κ1) is 140. The third-order valence-electron chi connectivity index (χ3n) is 18.2. The Balaban J connectivity index is -0.000000298. The zero-order valence-corrected chi connectivity index (χ0v) is 86.4. The standard InChI is InChI=1S/C25H36O3.C23H38O.C22H32O3.C19H28O3.C16H24O3.C13H20O3.O3S/c1-2-3-4-5-6-7-8-9-10-11-12-13-14-15-16-17-18-19-20-21-25(27)22-23-28-24-26;1-3-5-6-7-8-9-10-11-12-13-14-15-16-17-18-19-20-22-23(24)21-4-2;1-2-3-4-5-6-7-8-9-10-11-12-13-14-15-16-17-18-22(24)19-20-25-21-23;1-2-3-4-5-6-7-8-9-10-11-12-13-14-15-19(21)16-17-22-18-20;1-2-3-4-5-6-7-8-9-10-11-12-16(18)13-14-19-15-17;1-2-3-4-5-6-7-8-9-13(15)10-11-16-12-14;1-4(2)3/h3-4,6-7,9-10,12-13,15-16,18-19,24H,2,5,8,11,14,17,20-23H2,1H3;8-9,11-12,14-15,17-18H,3-7,10,13,16,19-22H2,1-2H3;3-4,6-7,9-10,12-13,15-16,21H,2,5,8,11,14,17-20H2,1H3;3-4,6-7,9-10,12-13,18H,2,5,8,11,14-17H2,1H3;3-4,6-7,9-10,15H,2,5,8,11-14H2,1H3;3-4,6-7,12H,2,5,8-11H2,1H3;/b4-3-,7-6-,10-9-,13-12-,16-15-,19-18-;9-8-,12-11-,15-14-,18-17-;4-3-,7-6-,10-9-,13-12-,16-15-;4-3-,7-6-,10-9-,13-12-;4-3-,7-6-,10-9-;4-3-,7-6-;. The van der Waals surface area contributed by atoms with Gasteiger partial charge in [-0.2, -0.15) is 0 Å². The zero-order valence-electron chi connectivity index (χ0n) is 85.5. The first-order valence-electron chi connectivity index (χ1n) is 50.3. The van der Waals surface area contributed by atoms with Crippen molar-refractivity contribution in [2.75, 3.05) is 33.0 Å². The summed E-state index contributed by atoms with van der Waals surface area (Å²) in [6.07, 6.45) is 144. The molecule has 0 aromatic carbocycles. The number of ether oxygens (including phenoxy) is 5. The van der Waals surface area contributed by atoms with Crippen LogP contribution in [0.5, 0.6) is 0 Å². The van der Waals surface area contributed by atoms with E-state index in [9.17, 15) is 52.7 Å². The number of ketones is 6. The Bertz CT molecular complexity index is 3760. The molecule has 0 unspecified atom stereocenters. The fourth-order valence-corrected chi connectivity index (χ4v) is 10.8. The number of rotatable bonds is 86. The average molecular weight is 1930 g/mol. The number of allylic oxidation sites excluding steroid dienone is 48. The van der Waals surface area contributed by atoms with Gasteiger partial charge in [0.25, 0.3) is 32.4 Å². The Hall–Kier alpha value is -11.3. The summed E-state index contributed by atoms with van der Waals surface area (Å²) >= 11 is 0. The molecule has 0 N–H and O–H groups in total. The second-order valence-electron chi connectivity index (χ2n) is 30.5. The first-order valence-corrected chi connectivity index (χ1v) is 51.3. The normalized spacial score (nSPS) is 11.9. The van der Waals surface area contributed by atoms with Crippen molar-refractivity contribution in [3.63, 3.8) is 0 Å². The highest BCUT2D eigenvalue weighted by Crippen LogP contribution is 2.09. The van der Waals surface area contributed by atoms with Crippen molar-refractivity contribution in [1.29, 1.82) is 0 Å². The van der Waals surface area contributed by atoms with Gasteiger partial charge in [0.05, 0.1) is 33.0 Å². The van der Waals surface area contributed by atoms with E-state index in [1.54, 1.807) is 0 Å². The average Bonchev–Trinajstić information content (AvgIpc) is 1.06. The van der Waals surface area contributed by atoms with Gasteiger partial charge < -0.3 is 23.7 Å². The molecule has 0 aromatic rings. The Kier molecular flexibility index (Phi) is 138. The van der Waals surface area contributed by atoms with Gasteiger partial charge in [0.15, 0.2) is 0 Å². The van der Waals surface area contributed by atoms with Crippen molar-refractivity contribution < 1.29 is 89.1 Å². The van der Waals surface area contributed by atoms with E-state index >= 15 is 0 Å². The second-order valence-corrected chi connectivity index (χ2v) is 30.9. The fraction of sp³-hybridized carbons (Fsp3) is 0.500. The summed E-state index contributed by atoms with van der Waals surface area (Å²) in [5, 5.41) is 0. The smallest absolute Gasteiger partial charge is 0.425 e. The lowest BCUT2D eigenvalue weighted by atomic mass is 10.1. The van der Waals surface area contributed by atoms with Gasteiger partial charge in [0.1, 0.15) is 34.7 Å². The topological polar surface area (TPSA) is 285 Å². The maximum absolute atomic E-state index is 11.4. The number of unbranched alkanes of at least 4 members (excludes halogenated alkanes) is 4. The maximum atomic E-state index is 11.4. The van der Waals surface area contributed by atoms with E-state index < -0.39 is 10.6 Å². The highest BCUT2D eigenvalue weighted by molar-refractivity contribution is 7.59. The van der Waals surface area contributed by atoms with E-state index in [0.717, 1.165) is 212 Å². The van der Waals surface area contributed by atoms with Crippen LogP contribution in [-0.2, 0) is 87.0 Å². The quantitative estimate of drug-likeness (QED) is 0.0237. The summed E-state index contributed by atoms with van der Waals surface area (Å²) in [5.74, 6) is 1.06. The summed E-state index contributed by atoms with van der Waals surface area (Å²) < 4.78 is 47.7. The molecular formula is C118H178O19S. The van der Waals surface area contributed by atoms with E-state index in [0.29, 0.717) is 102 Å². The Morgan fingerprint density at radius 3 is 0.464 bits per heavy atom. The molecule has 0 aliphatic rings. The van der Waals surface area contributed by atoms with Crippen molar-refractivity contribution in [2.45, 2.75) is 350 Å². The summed E-state index contributed by atoms with van der Waals surface area (Å²) in [4.78, 5) is 118. The van der Waals surface area contributed by atoms with Gasteiger partial charge in [-0.05, 0) is 212 Å². The van der Waals surface area contributed by atoms with Crippen LogP contribution in [-0.4, -0.2) is 113 Å². The molecule has 0 atom stereocenters. The van der Waals surface area contributed by atoms with Gasteiger partial charge in [-0.1, -0.05) is 353 Å². The van der Waals surface area contributed by atoms with Crippen LogP contribution in [0.2, 0.25) is 0 Å². The minimum atomic E-state index is -3.11. The molecule has 0 radical (unpaired) electrons. The lowest BCUT2D eigenvalue weighted by Crippen LogP contribution is -2.02. The first-order chi connectivity index (χ1) is 67.6. The summed E-state index contributed by atoms with van der Waals surface area (Å²) in [5.41, 5.74) is 0. The van der Waals surface area contributed by atoms with Crippen LogP contribution in [0.1, 0.15) is 350 Å². The third-order valence-corrected chi connectivity index (χ3v) is 18.2. The molecule has 0 fully saturated rings. The van der Waals surface area contributed by atoms with Crippen molar-refractivity contribution >= 4 is 77.7 Å². The highest BCUT2D eigenvalue weighted by Gasteiger charge is 2.05. The lowest BCUT2D eigenvalue weighted by molar-refractivity contribution is -0.131. The highest BCUT2D eigenvalue weighted by atomic mass is 32.2. The molecule has 19 nitrogen and oxygen atoms in total. The number of carbonyl (C=O) groups excluding carboxylic acids is 11. The molecule has 0 bridgehead atoms. The minimum Gasteiger partial charge on any atom is -0.467 e. The fourth-order valence-electron chi connectivity index (χ4n) is 10.8. The molecule has 0 amide bonds. The zero-order chi connectivity index (χ0) is 103. The molecule has 0 spiro atoms. The van der Waals surface area contributed by atoms with Crippen LogP contribution in [0.4, 0.5) is 0 Å². The maximum Gasteiger partial charge on any atom is 0.425 e. The Morgan fingerprint density at radius 2 is 0.312 bits per heavy atom. The van der Waals surface area contributed by atoms with Crippen molar-refractivity contribution in [3.8, 4) is 0 Å². The molecule has 0 aromatic heterocycles. The molecule has 0 aliphatic carbocycles. The molecule has 0 saturated heterocycles. The van der Waals surface area contributed by atoms with Gasteiger partial charge in [0, 0.05) is 77.0 Å². The van der Waals surface area contributed by atoms with Crippen LogP contribution in [0.25, 0.3) is 0 Å². The molecule has 0 aliphatic heterocycles. The van der Waals surface area contributed by atoms with Crippen LogP contribution in [0.15, 0.2) is 292 Å². The molecule has 138 heavy (non-hydrogen) atoms. The molecule has 20 heteroatoms. The predicted molar refractivity (Wildman–Crippen MR) is 576 cm³/mol. The van der Waals surface area contributed by atoms with E-state index in [2.05, 4.69) is 333 Å². The number of hydrogen-bond acceptors (Lipinski definition) is 19. The van der Waals surface area contributed by atoms with E-state index in [1.807, 2.05) is 30.4 Å². The van der Waals surface area contributed by atoms with E-state index in [1.165, 1.54) is 25.7 Å².